The van der Waals surface area contributed by atoms with Crippen molar-refractivity contribution >= 4 is 0 Å². The molecule has 0 aliphatic heterocycles. The maximum absolute atomic E-state index is 9.23. The van der Waals surface area contributed by atoms with E-state index >= 15 is 0 Å². The van der Waals surface area contributed by atoms with Crippen LogP contribution in [0.4, 0.5) is 0 Å². The minimum absolute atomic E-state index is 0.0959. The van der Waals surface area contributed by atoms with Crippen molar-refractivity contribution in [1.29, 1.82) is 0 Å². The first-order chi connectivity index (χ1) is 9.33. The van der Waals surface area contributed by atoms with E-state index in [1.54, 1.807) is 4.68 Å². The van der Waals surface area contributed by atoms with Gasteiger partial charge in [0.25, 0.3) is 0 Å². The summed E-state index contributed by atoms with van der Waals surface area (Å²) in [4.78, 5) is 0. The Balaban J connectivity index is 1.58. The summed E-state index contributed by atoms with van der Waals surface area (Å²) in [7, 11) is 0. The molecule has 0 radical (unpaired) electrons. The van der Waals surface area contributed by atoms with Gasteiger partial charge in [-0.25, -0.2) is 0 Å². The van der Waals surface area contributed by atoms with Crippen LogP contribution in [0.2, 0.25) is 0 Å². The highest BCUT2D eigenvalue weighted by atomic mass is 16.3. The molecule has 0 bridgehead atoms. The van der Waals surface area contributed by atoms with Crippen LogP contribution in [0, 0.1) is 5.92 Å². The maximum atomic E-state index is 9.23. The standard InChI is InChI=1S/C13H17N5O/c19-12-6-10(7-12)8-14-9-13-15-16-17-18(13)11-4-2-1-3-5-11/h1-5,10,12,14,19H,6-9H2. The summed E-state index contributed by atoms with van der Waals surface area (Å²) in [5.74, 6) is 1.38. The highest BCUT2D eigenvalue weighted by molar-refractivity contribution is 5.30. The molecule has 1 aromatic carbocycles. The summed E-state index contributed by atoms with van der Waals surface area (Å²) in [6.45, 7) is 1.53. The molecule has 1 heterocycles. The van der Waals surface area contributed by atoms with E-state index in [1.807, 2.05) is 30.3 Å². The highest BCUT2D eigenvalue weighted by Gasteiger charge is 2.26. The molecule has 19 heavy (non-hydrogen) atoms. The zero-order valence-corrected chi connectivity index (χ0v) is 10.6. The zero-order chi connectivity index (χ0) is 13.1. The van der Waals surface area contributed by atoms with Gasteiger partial charge >= 0.3 is 0 Å². The van der Waals surface area contributed by atoms with Crippen LogP contribution in [0.1, 0.15) is 18.7 Å². The fourth-order valence-electron chi connectivity index (χ4n) is 2.34. The molecule has 6 nitrogen and oxygen atoms in total. The smallest absolute Gasteiger partial charge is 0.170 e. The SMILES string of the molecule is OC1CC(CNCc2nnnn2-c2ccccc2)C1. The van der Waals surface area contributed by atoms with Crippen molar-refractivity contribution in [1.82, 2.24) is 25.5 Å². The molecule has 0 atom stereocenters. The molecule has 6 heteroatoms. The molecule has 0 unspecified atom stereocenters. The molecule has 1 aliphatic carbocycles. The Hall–Kier alpha value is -1.79. The number of aliphatic hydroxyl groups excluding tert-OH is 1. The molecular weight excluding hydrogens is 242 g/mol. The van der Waals surface area contributed by atoms with Gasteiger partial charge in [0.15, 0.2) is 5.82 Å². The van der Waals surface area contributed by atoms with Crippen molar-refractivity contribution in [2.75, 3.05) is 6.54 Å². The molecule has 1 fully saturated rings. The lowest BCUT2D eigenvalue weighted by molar-refractivity contribution is 0.0429. The second-order valence-corrected chi connectivity index (χ2v) is 4.96. The summed E-state index contributed by atoms with van der Waals surface area (Å²) in [5, 5.41) is 24.3. The van der Waals surface area contributed by atoms with Gasteiger partial charge in [-0.05, 0) is 47.9 Å². The van der Waals surface area contributed by atoms with E-state index in [0.717, 1.165) is 30.9 Å². The maximum Gasteiger partial charge on any atom is 0.170 e. The van der Waals surface area contributed by atoms with E-state index in [1.165, 1.54) is 0 Å². The molecule has 100 valence electrons. The van der Waals surface area contributed by atoms with E-state index in [0.29, 0.717) is 12.5 Å². The summed E-state index contributed by atoms with van der Waals surface area (Å²) in [6.07, 6.45) is 1.70. The number of hydrogen-bond acceptors (Lipinski definition) is 5. The monoisotopic (exact) mass is 259 g/mol. The Morgan fingerprint density at radius 1 is 1.26 bits per heavy atom. The van der Waals surface area contributed by atoms with E-state index in [9.17, 15) is 5.11 Å². The van der Waals surface area contributed by atoms with Crippen molar-refractivity contribution in [2.45, 2.75) is 25.5 Å². The molecule has 0 saturated heterocycles. The van der Waals surface area contributed by atoms with Gasteiger partial charge in [-0.3, -0.25) is 0 Å². The van der Waals surface area contributed by atoms with Gasteiger partial charge in [0, 0.05) is 0 Å². The summed E-state index contributed by atoms with van der Waals surface area (Å²) in [6, 6.07) is 9.84. The van der Waals surface area contributed by atoms with Crippen LogP contribution in [0.25, 0.3) is 5.69 Å². The van der Waals surface area contributed by atoms with Crippen LogP contribution in [-0.2, 0) is 6.54 Å². The molecule has 3 rings (SSSR count). The Kier molecular flexibility index (Phi) is 3.52. The molecule has 0 spiro atoms. The Labute approximate surface area is 111 Å². The fourth-order valence-corrected chi connectivity index (χ4v) is 2.34. The van der Waals surface area contributed by atoms with Crippen LogP contribution in [0.3, 0.4) is 0 Å². The third kappa shape index (κ3) is 2.80. The topological polar surface area (TPSA) is 75.9 Å². The molecule has 1 aromatic heterocycles. The van der Waals surface area contributed by atoms with Crippen LogP contribution in [-0.4, -0.2) is 38.0 Å². The van der Waals surface area contributed by atoms with Crippen molar-refractivity contribution in [3.63, 3.8) is 0 Å². The first-order valence-electron chi connectivity index (χ1n) is 6.54. The number of aromatic nitrogens is 4. The van der Waals surface area contributed by atoms with Gasteiger partial charge in [-0.2, -0.15) is 4.68 Å². The summed E-state index contributed by atoms with van der Waals surface area (Å²) in [5.41, 5.74) is 0.961. The normalized spacial score (nSPS) is 22.2. The lowest BCUT2D eigenvalue weighted by atomic mass is 9.82. The lowest BCUT2D eigenvalue weighted by Gasteiger charge is -2.31. The number of para-hydroxylation sites is 1. The van der Waals surface area contributed by atoms with Gasteiger partial charge in [-0.15, -0.1) is 5.10 Å². The fraction of sp³-hybridized carbons (Fsp3) is 0.462. The predicted octanol–water partition coefficient (Wildman–Crippen LogP) is 0.523. The largest absolute Gasteiger partial charge is 0.393 e. The Morgan fingerprint density at radius 2 is 2.05 bits per heavy atom. The number of aliphatic hydroxyl groups is 1. The molecule has 2 aromatic rings. The van der Waals surface area contributed by atoms with Crippen molar-refractivity contribution < 1.29 is 5.11 Å². The van der Waals surface area contributed by atoms with Crippen molar-refractivity contribution in [2.24, 2.45) is 5.92 Å². The van der Waals surface area contributed by atoms with Crippen molar-refractivity contribution in [3.05, 3.63) is 36.2 Å². The lowest BCUT2D eigenvalue weighted by Crippen LogP contribution is -2.36. The number of rotatable bonds is 5. The van der Waals surface area contributed by atoms with Crippen LogP contribution >= 0.6 is 0 Å². The predicted molar refractivity (Wildman–Crippen MR) is 69.6 cm³/mol. The molecule has 1 aliphatic rings. The Bertz CT molecular complexity index is 521. The van der Waals surface area contributed by atoms with Gasteiger partial charge < -0.3 is 10.4 Å². The third-order valence-electron chi connectivity index (χ3n) is 3.46. The van der Waals surface area contributed by atoms with E-state index < -0.39 is 0 Å². The number of nitrogens with one attached hydrogen (secondary N) is 1. The van der Waals surface area contributed by atoms with Crippen molar-refractivity contribution in [3.8, 4) is 5.69 Å². The molecule has 0 amide bonds. The number of hydrogen-bond donors (Lipinski definition) is 2. The zero-order valence-electron chi connectivity index (χ0n) is 10.6. The van der Waals surface area contributed by atoms with Gasteiger partial charge in [0.05, 0.1) is 18.3 Å². The van der Waals surface area contributed by atoms with E-state index in [-0.39, 0.29) is 6.10 Å². The summed E-state index contributed by atoms with van der Waals surface area (Å²) >= 11 is 0. The second kappa shape index (κ2) is 5.46. The third-order valence-corrected chi connectivity index (χ3v) is 3.46. The number of tetrazole rings is 1. The van der Waals surface area contributed by atoms with E-state index in [4.69, 9.17) is 0 Å². The van der Waals surface area contributed by atoms with Crippen LogP contribution in [0.15, 0.2) is 30.3 Å². The average molecular weight is 259 g/mol. The molecule has 1 saturated carbocycles. The number of benzene rings is 1. The average Bonchev–Trinajstić information content (AvgIpc) is 2.86. The van der Waals surface area contributed by atoms with Crippen LogP contribution in [0.5, 0.6) is 0 Å². The van der Waals surface area contributed by atoms with Gasteiger partial charge in [0.1, 0.15) is 0 Å². The Morgan fingerprint density at radius 3 is 2.79 bits per heavy atom. The molecule has 2 N–H and O–H groups in total. The van der Waals surface area contributed by atoms with Gasteiger partial charge in [-0.1, -0.05) is 18.2 Å². The quantitative estimate of drug-likeness (QED) is 0.819. The minimum Gasteiger partial charge on any atom is -0.393 e. The highest BCUT2D eigenvalue weighted by Crippen LogP contribution is 2.26. The van der Waals surface area contributed by atoms with Crippen LogP contribution < -0.4 is 5.32 Å². The van der Waals surface area contributed by atoms with E-state index in [2.05, 4.69) is 20.8 Å². The first kappa shape index (κ1) is 12.3. The number of nitrogens with zero attached hydrogens (tertiary/aromatic N) is 4. The molecular formula is C13H17N5O. The first-order valence-corrected chi connectivity index (χ1v) is 6.54. The van der Waals surface area contributed by atoms with Gasteiger partial charge in [0.2, 0.25) is 0 Å². The summed E-state index contributed by atoms with van der Waals surface area (Å²) < 4.78 is 1.74. The minimum atomic E-state index is -0.0959. The second-order valence-electron chi connectivity index (χ2n) is 4.96.